The molecule has 1 saturated carbocycles. The largest absolute Gasteiger partial charge is 0.481 e. The Morgan fingerprint density at radius 3 is 2.10 bits per heavy atom. The molecule has 4 nitrogen and oxygen atoms in total. The molecule has 114 valence electrons. The van der Waals surface area contributed by atoms with Gasteiger partial charge in [0, 0.05) is 25.4 Å². The second-order valence-corrected chi connectivity index (χ2v) is 6.49. The number of carboxylic acids is 1. The van der Waals surface area contributed by atoms with Crippen LogP contribution in [0.2, 0.25) is 0 Å². The monoisotopic (exact) mass is 281 g/mol. The van der Waals surface area contributed by atoms with Crippen molar-refractivity contribution in [2.24, 2.45) is 17.8 Å². The Balaban J connectivity index is 1.76. The lowest BCUT2D eigenvalue weighted by molar-refractivity contribution is -0.140. The van der Waals surface area contributed by atoms with Crippen LogP contribution in [0.4, 0.5) is 0 Å². The molecule has 2 aliphatic rings. The maximum atomic E-state index is 12.5. The Hall–Kier alpha value is -1.06. The van der Waals surface area contributed by atoms with E-state index in [4.69, 9.17) is 5.11 Å². The molecule has 20 heavy (non-hydrogen) atoms. The molecule has 4 heteroatoms. The van der Waals surface area contributed by atoms with Gasteiger partial charge in [0.15, 0.2) is 0 Å². The molecule has 0 aromatic rings. The molecule has 0 unspecified atom stereocenters. The lowest BCUT2D eigenvalue weighted by atomic mass is 9.80. The van der Waals surface area contributed by atoms with Crippen molar-refractivity contribution >= 4 is 11.9 Å². The van der Waals surface area contributed by atoms with Crippen LogP contribution in [-0.4, -0.2) is 35.0 Å². The lowest BCUT2D eigenvalue weighted by Crippen LogP contribution is -2.42. The van der Waals surface area contributed by atoms with E-state index in [2.05, 4.69) is 6.92 Å². The Kier molecular flexibility index (Phi) is 5.44. The van der Waals surface area contributed by atoms with E-state index in [1.54, 1.807) is 0 Å². The molecule has 0 aromatic carbocycles. The highest BCUT2D eigenvalue weighted by molar-refractivity contribution is 5.79. The van der Waals surface area contributed by atoms with E-state index in [-0.39, 0.29) is 18.3 Å². The summed E-state index contributed by atoms with van der Waals surface area (Å²) in [4.78, 5) is 25.2. The van der Waals surface area contributed by atoms with Gasteiger partial charge in [-0.3, -0.25) is 9.59 Å². The van der Waals surface area contributed by atoms with Crippen molar-refractivity contribution in [2.45, 2.75) is 58.3 Å². The molecule has 0 radical (unpaired) electrons. The first-order valence-corrected chi connectivity index (χ1v) is 8.10. The van der Waals surface area contributed by atoms with Crippen LogP contribution < -0.4 is 0 Å². The molecule has 1 saturated heterocycles. The fourth-order valence-corrected chi connectivity index (χ4v) is 3.68. The number of carbonyl (C=O) groups is 2. The lowest BCUT2D eigenvalue weighted by Gasteiger charge is -2.36. The van der Waals surface area contributed by atoms with Crippen LogP contribution in [0.5, 0.6) is 0 Å². The van der Waals surface area contributed by atoms with Crippen LogP contribution in [0.15, 0.2) is 0 Å². The minimum Gasteiger partial charge on any atom is -0.481 e. The van der Waals surface area contributed by atoms with Gasteiger partial charge in [-0.2, -0.15) is 0 Å². The van der Waals surface area contributed by atoms with Gasteiger partial charge in [-0.05, 0) is 50.4 Å². The normalized spacial score (nSPS) is 28.4. The topological polar surface area (TPSA) is 57.6 Å². The summed E-state index contributed by atoms with van der Waals surface area (Å²) in [5.74, 6) is 0.919. The average molecular weight is 281 g/mol. The van der Waals surface area contributed by atoms with Gasteiger partial charge in [0.2, 0.25) is 5.91 Å². The summed E-state index contributed by atoms with van der Waals surface area (Å²) in [6.07, 6.45) is 7.68. The second-order valence-electron chi connectivity index (χ2n) is 6.49. The van der Waals surface area contributed by atoms with Gasteiger partial charge >= 0.3 is 5.97 Å². The third kappa shape index (κ3) is 3.97. The van der Waals surface area contributed by atoms with Crippen LogP contribution in [0.1, 0.15) is 58.3 Å². The van der Waals surface area contributed by atoms with Gasteiger partial charge in [0.25, 0.3) is 0 Å². The smallest absolute Gasteiger partial charge is 0.303 e. The number of carbonyl (C=O) groups excluding carboxylic acids is 1. The van der Waals surface area contributed by atoms with E-state index in [9.17, 15) is 9.59 Å². The fraction of sp³-hybridized carbons (Fsp3) is 0.875. The standard InChI is InChI=1S/C16H27NO3/c1-2-12-3-5-14(6-4-12)16(20)17-9-7-13(8-10-17)11-15(18)19/h12-14H,2-11H2,1H3,(H,18,19). The van der Waals surface area contributed by atoms with Crippen molar-refractivity contribution in [2.75, 3.05) is 13.1 Å². The van der Waals surface area contributed by atoms with Crippen molar-refractivity contribution < 1.29 is 14.7 Å². The Labute approximate surface area is 121 Å². The average Bonchev–Trinajstić information content (AvgIpc) is 2.47. The highest BCUT2D eigenvalue weighted by Crippen LogP contribution is 2.32. The summed E-state index contributed by atoms with van der Waals surface area (Å²) in [6.45, 7) is 3.75. The zero-order valence-electron chi connectivity index (χ0n) is 12.5. The zero-order chi connectivity index (χ0) is 14.5. The van der Waals surface area contributed by atoms with E-state index >= 15 is 0 Å². The van der Waals surface area contributed by atoms with Crippen molar-refractivity contribution in [3.05, 3.63) is 0 Å². The van der Waals surface area contributed by atoms with Gasteiger partial charge < -0.3 is 10.0 Å². The predicted molar refractivity (Wildman–Crippen MR) is 77.3 cm³/mol. The number of piperidine rings is 1. The van der Waals surface area contributed by atoms with E-state index < -0.39 is 5.97 Å². The third-order valence-corrected chi connectivity index (χ3v) is 5.16. The van der Waals surface area contributed by atoms with Crippen molar-refractivity contribution in [1.29, 1.82) is 0 Å². The maximum absolute atomic E-state index is 12.5. The molecule has 1 heterocycles. The van der Waals surface area contributed by atoms with Crippen molar-refractivity contribution in [1.82, 2.24) is 4.90 Å². The first kappa shape index (κ1) is 15.3. The van der Waals surface area contributed by atoms with Crippen molar-refractivity contribution in [3.8, 4) is 0 Å². The molecule has 1 aliphatic carbocycles. The van der Waals surface area contributed by atoms with Crippen LogP contribution in [0, 0.1) is 17.8 Å². The van der Waals surface area contributed by atoms with Crippen molar-refractivity contribution in [3.63, 3.8) is 0 Å². The van der Waals surface area contributed by atoms with Gasteiger partial charge in [0.1, 0.15) is 0 Å². The summed E-state index contributed by atoms with van der Waals surface area (Å²) < 4.78 is 0. The second kappa shape index (κ2) is 7.09. The Bertz CT molecular complexity index is 340. The highest BCUT2D eigenvalue weighted by Gasteiger charge is 2.31. The molecule has 1 amide bonds. The summed E-state index contributed by atoms with van der Waals surface area (Å²) in [5.41, 5.74) is 0. The molecule has 0 aromatic heterocycles. The van der Waals surface area contributed by atoms with Crippen LogP contribution >= 0.6 is 0 Å². The Morgan fingerprint density at radius 2 is 1.60 bits per heavy atom. The molecule has 1 N–H and O–H groups in total. The summed E-state index contributed by atoms with van der Waals surface area (Å²) in [6, 6.07) is 0. The number of hydrogen-bond acceptors (Lipinski definition) is 2. The molecule has 0 atom stereocenters. The first-order valence-electron chi connectivity index (χ1n) is 8.10. The predicted octanol–water partition coefficient (Wildman–Crippen LogP) is 2.92. The van der Waals surface area contributed by atoms with Crippen LogP contribution in [0.25, 0.3) is 0 Å². The molecular weight excluding hydrogens is 254 g/mol. The molecular formula is C16H27NO3. The number of likely N-dealkylation sites (tertiary alicyclic amines) is 1. The van der Waals surface area contributed by atoms with E-state index in [1.165, 1.54) is 19.3 Å². The zero-order valence-corrected chi connectivity index (χ0v) is 12.5. The molecule has 2 rings (SSSR count). The number of aliphatic carboxylic acids is 1. The summed E-state index contributed by atoms with van der Waals surface area (Å²) in [7, 11) is 0. The maximum Gasteiger partial charge on any atom is 0.303 e. The minimum atomic E-state index is -0.715. The van der Waals surface area contributed by atoms with E-state index in [0.717, 1.165) is 44.7 Å². The summed E-state index contributed by atoms with van der Waals surface area (Å²) in [5, 5.41) is 8.81. The minimum absolute atomic E-state index is 0.230. The molecule has 1 aliphatic heterocycles. The van der Waals surface area contributed by atoms with Gasteiger partial charge in [0.05, 0.1) is 0 Å². The number of nitrogens with zero attached hydrogens (tertiary/aromatic N) is 1. The third-order valence-electron chi connectivity index (χ3n) is 5.16. The van der Waals surface area contributed by atoms with Crippen LogP contribution in [0.3, 0.4) is 0 Å². The number of rotatable bonds is 4. The SMILES string of the molecule is CCC1CCC(C(=O)N2CCC(CC(=O)O)CC2)CC1. The highest BCUT2D eigenvalue weighted by atomic mass is 16.4. The molecule has 2 fully saturated rings. The molecule has 0 bridgehead atoms. The van der Waals surface area contributed by atoms with Gasteiger partial charge in [-0.1, -0.05) is 13.3 Å². The first-order chi connectivity index (χ1) is 9.60. The van der Waals surface area contributed by atoms with E-state index in [0.29, 0.717) is 5.91 Å². The van der Waals surface area contributed by atoms with E-state index in [1.807, 2.05) is 4.90 Å². The fourth-order valence-electron chi connectivity index (χ4n) is 3.68. The van der Waals surface area contributed by atoms with Crippen LogP contribution in [-0.2, 0) is 9.59 Å². The number of carboxylic acid groups (broad SMARTS) is 1. The number of amides is 1. The van der Waals surface area contributed by atoms with Gasteiger partial charge in [-0.15, -0.1) is 0 Å². The summed E-state index contributed by atoms with van der Waals surface area (Å²) >= 11 is 0. The van der Waals surface area contributed by atoms with Gasteiger partial charge in [-0.25, -0.2) is 0 Å². The Morgan fingerprint density at radius 1 is 1.00 bits per heavy atom. The number of hydrogen-bond donors (Lipinski definition) is 1. The molecule has 0 spiro atoms. The quantitative estimate of drug-likeness (QED) is 0.862.